The summed E-state index contributed by atoms with van der Waals surface area (Å²) in [6.07, 6.45) is 8.36. The van der Waals surface area contributed by atoms with E-state index in [1.54, 1.807) is 0 Å². The van der Waals surface area contributed by atoms with Crippen molar-refractivity contribution in [2.75, 3.05) is 18.0 Å². The lowest BCUT2D eigenvalue weighted by molar-refractivity contribution is 0.414. The molecule has 0 spiro atoms. The second kappa shape index (κ2) is 6.87. The van der Waals surface area contributed by atoms with Crippen LogP contribution in [0.3, 0.4) is 0 Å². The first-order valence-electron chi connectivity index (χ1n) is 6.50. The minimum absolute atomic E-state index is 0.590. The maximum absolute atomic E-state index is 5.76. The summed E-state index contributed by atoms with van der Waals surface area (Å²) in [6, 6.07) is 2.64. The van der Waals surface area contributed by atoms with Crippen LogP contribution in [0, 0.1) is 0 Å². The predicted octanol–water partition coefficient (Wildman–Crippen LogP) is 3.70. The Balaban J connectivity index is 2.22. The van der Waals surface area contributed by atoms with E-state index in [1.807, 2.05) is 6.20 Å². The minimum atomic E-state index is 0.590. The van der Waals surface area contributed by atoms with Crippen LogP contribution in [-0.2, 0) is 0 Å². The molecule has 1 heterocycles. The number of hydrogen-bond acceptors (Lipinski definition) is 3. The summed E-state index contributed by atoms with van der Waals surface area (Å²) in [6.45, 7) is 1.54. The van der Waals surface area contributed by atoms with Crippen LogP contribution in [0.5, 0.6) is 0 Å². The molecule has 2 N–H and O–H groups in total. The Morgan fingerprint density at radius 2 is 2.00 bits per heavy atom. The highest BCUT2D eigenvalue weighted by atomic mass is 79.9. The van der Waals surface area contributed by atoms with E-state index in [2.05, 4.69) is 47.8 Å². The Morgan fingerprint density at radius 1 is 1.28 bits per heavy atom. The first-order chi connectivity index (χ1) is 8.72. The summed E-state index contributed by atoms with van der Waals surface area (Å²) in [5, 5.41) is 0. The zero-order valence-corrected chi connectivity index (χ0v) is 13.6. The summed E-state index contributed by atoms with van der Waals surface area (Å²) < 4.78 is 2.03. The van der Waals surface area contributed by atoms with Crippen LogP contribution in [0.25, 0.3) is 0 Å². The fraction of sp³-hybridized carbons (Fsp3) is 0.615. The lowest BCUT2D eigenvalue weighted by atomic mass is 9.94. The number of nitrogens with zero attached hydrogens (tertiary/aromatic N) is 2. The topological polar surface area (TPSA) is 42.1 Å². The molecule has 0 bridgehead atoms. The van der Waals surface area contributed by atoms with E-state index >= 15 is 0 Å². The van der Waals surface area contributed by atoms with E-state index in [-0.39, 0.29) is 0 Å². The van der Waals surface area contributed by atoms with Crippen LogP contribution in [0.4, 0.5) is 5.82 Å². The first-order valence-corrected chi connectivity index (χ1v) is 8.08. The number of rotatable bonds is 4. The lowest BCUT2D eigenvalue weighted by Crippen LogP contribution is -2.40. The quantitative estimate of drug-likeness (QED) is 0.870. The summed E-state index contributed by atoms with van der Waals surface area (Å²) in [7, 11) is 0. The van der Waals surface area contributed by atoms with Crippen LogP contribution in [-0.4, -0.2) is 24.1 Å². The molecule has 0 aliphatic heterocycles. The molecule has 100 valence electrons. The molecule has 5 heteroatoms. The Bertz CT molecular complexity index is 392. The van der Waals surface area contributed by atoms with Gasteiger partial charge in [-0.3, -0.25) is 0 Å². The molecule has 3 nitrogen and oxygen atoms in total. The van der Waals surface area contributed by atoms with Gasteiger partial charge in [0.1, 0.15) is 5.82 Å². The molecule has 0 aromatic carbocycles. The van der Waals surface area contributed by atoms with Crippen molar-refractivity contribution >= 4 is 37.7 Å². The van der Waals surface area contributed by atoms with E-state index in [9.17, 15) is 0 Å². The van der Waals surface area contributed by atoms with Gasteiger partial charge in [-0.2, -0.15) is 0 Å². The maximum atomic E-state index is 5.76. The van der Waals surface area contributed by atoms with Gasteiger partial charge < -0.3 is 10.6 Å². The summed E-state index contributed by atoms with van der Waals surface area (Å²) in [4.78, 5) is 6.92. The summed E-state index contributed by atoms with van der Waals surface area (Å²) in [5.74, 6) is 1.02. The SMILES string of the molecule is NCCN(c1ncc(Br)cc1Br)C1CCCCC1. The third-order valence-corrected chi connectivity index (χ3v) is 4.46. The molecule has 1 aromatic heterocycles. The molecule has 1 fully saturated rings. The van der Waals surface area contributed by atoms with Gasteiger partial charge in [0.05, 0.1) is 4.47 Å². The second-order valence-corrected chi connectivity index (χ2v) is 6.50. The highest BCUT2D eigenvalue weighted by Gasteiger charge is 2.23. The molecular weight excluding hydrogens is 358 g/mol. The fourth-order valence-corrected chi connectivity index (χ4v) is 3.83. The van der Waals surface area contributed by atoms with Gasteiger partial charge in [-0.15, -0.1) is 0 Å². The molecule has 1 saturated carbocycles. The number of nitrogens with two attached hydrogens (primary N) is 1. The van der Waals surface area contributed by atoms with E-state index in [0.29, 0.717) is 12.6 Å². The van der Waals surface area contributed by atoms with Gasteiger partial charge in [0.15, 0.2) is 0 Å². The van der Waals surface area contributed by atoms with Crippen LogP contribution in [0.1, 0.15) is 32.1 Å². The molecule has 0 amide bonds. The van der Waals surface area contributed by atoms with Gasteiger partial charge in [-0.05, 0) is 50.8 Å². The summed E-state index contributed by atoms with van der Waals surface area (Å²) >= 11 is 7.05. The normalized spacial score (nSPS) is 16.8. The van der Waals surface area contributed by atoms with Crippen molar-refractivity contribution in [3.8, 4) is 0 Å². The Morgan fingerprint density at radius 3 is 2.61 bits per heavy atom. The molecule has 0 saturated heterocycles. The highest BCUT2D eigenvalue weighted by molar-refractivity contribution is 9.11. The maximum Gasteiger partial charge on any atom is 0.143 e. The van der Waals surface area contributed by atoms with Crippen molar-refractivity contribution in [2.45, 2.75) is 38.1 Å². The monoisotopic (exact) mass is 375 g/mol. The van der Waals surface area contributed by atoms with Crippen molar-refractivity contribution in [3.05, 3.63) is 21.2 Å². The summed E-state index contributed by atoms with van der Waals surface area (Å²) in [5.41, 5.74) is 5.76. The van der Waals surface area contributed by atoms with E-state index in [1.165, 1.54) is 32.1 Å². The molecule has 1 aromatic rings. The molecule has 2 rings (SSSR count). The van der Waals surface area contributed by atoms with Crippen molar-refractivity contribution < 1.29 is 0 Å². The Hall–Kier alpha value is -0.130. The average molecular weight is 377 g/mol. The van der Waals surface area contributed by atoms with Crippen molar-refractivity contribution in [3.63, 3.8) is 0 Å². The smallest absolute Gasteiger partial charge is 0.143 e. The van der Waals surface area contributed by atoms with Crippen LogP contribution < -0.4 is 10.6 Å². The number of pyridine rings is 1. The van der Waals surface area contributed by atoms with Gasteiger partial charge >= 0.3 is 0 Å². The van der Waals surface area contributed by atoms with E-state index < -0.39 is 0 Å². The molecule has 1 aliphatic carbocycles. The zero-order chi connectivity index (χ0) is 13.0. The zero-order valence-electron chi connectivity index (χ0n) is 10.4. The number of aromatic nitrogens is 1. The highest BCUT2D eigenvalue weighted by Crippen LogP contribution is 2.31. The third-order valence-electron chi connectivity index (χ3n) is 3.45. The first kappa shape index (κ1) is 14.3. The second-order valence-electron chi connectivity index (χ2n) is 4.73. The lowest BCUT2D eigenvalue weighted by Gasteiger charge is -2.35. The fourth-order valence-electron chi connectivity index (χ4n) is 2.61. The van der Waals surface area contributed by atoms with Gasteiger partial charge in [-0.25, -0.2) is 4.98 Å². The van der Waals surface area contributed by atoms with Crippen LogP contribution in [0.2, 0.25) is 0 Å². The molecular formula is C13H19Br2N3. The number of hydrogen-bond donors (Lipinski definition) is 1. The molecule has 1 aliphatic rings. The minimum Gasteiger partial charge on any atom is -0.351 e. The Labute approximate surface area is 125 Å². The van der Waals surface area contributed by atoms with Gasteiger partial charge in [0.25, 0.3) is 0 Å². The molecule has 18 heavy (non-hydrogen) atoms. The Kier molecular flexibility index (Phi) is 5.45. The number of anilines is 1. The van der Waals surface area contributed by atoms with Crippen molar-refractivity contribution in [2.24, 2.45) is 5.73 Å². The van der Waals surface area contributed by atoms with E-state index in [4.69, 9.17) is 5.73 Å². The van der Waals surface area contributed by atoms with Crippen molar-refractivity contribution in [1.82, 2.24) is 4.98 Å². The van der Waals surface area contributed by atoms with Gasteiger partial charge in [0, 0.05) is 29.8 Å². The third kappa shape index (κ3) is 3.45. The van der Waals surface area contributed by atoms with Crippen molar-refractivity contribution in [1.29, 1.82) is 0 Å². The van der Waals surface area contributed by atoms with Crippen LogP contribution in [0.15, 0.2) is 21.2 Å². The van der Waals surface area contributed by atoms with E-state index in [0.717, 1.165) is 21.3 Å². The largest absolute Gasteiger partial charge is 0.351 e. The molecule has 0 radical (unpaired) electrons. The van der Waals surface area contributed by atoms with Gasteiger partial charge in [0.2, 0.25) is 0 Å². The van der Waals surface area contributed by atoms with Gasteiger partial charge in [-0.1, -0.05) is 19.3 Å². The number of halogens is 2. The molecule has 0 unspecified atom stereocenters. The van der Waals surface area contributed by atoms with Crippen LogP contribution >= 0.6 is 31.9 Å². The predicted molar refractivity (Wildman–Crippen MR) is 82.9 cm³/mol. The molecule has 0 atom stereocenters. The standard InChI is InChI=1S/C13H19Br2N3/c14-10-8-12(15)13(17-9-10)18(7-6-16)11-4-2-1-3-5-11/h8-9,11H,1-7,16H2. The average Bonchev–Trinajstić information content (AvgIpc) is 2.38.